The van der Waals surface area contributed by atoms with Gasteiger partial charge in [-0.2, -0.15) is 0 Å². The Morgan fingerprint density at radius 3 is 2.42 bits per heavy atom. The number of nitrogens with zero attached hydrogens (tertiary/aromatic N) is 2. The van der Waals surface area contributed by atoms with Gasteiger partial charge in [0.15, 0.2) is 0 Å². The fourth-order valence-electron chi connectivity index (χ4n) is 6.06. The second-order valence-electron chi connectivity index (χ2n) is 11.7. The Morgan fingerprint density at radius 1 is 0.977 bits per heavy atom. The Kier molecular flexibility index (Phi) is 10.2. The quantitative estimate of drug-likeness (QED) is 0.241. The number of piperidine rings is 1. The van der Waals surface area contributed by atoms with Gasteiger partial charge in [0.1, 0.15) is 11.5 Å². The molecule has 2 fully saturated rings. The first-order valence-electron chi connectivity index (χ1n) is 15.4. The number of methoxy groups -OCH3 is 1. The number of anilines is 2. The summed E-state index contributed by atoms with van der Waals surface area (Å²) in [5.41, 5.74) is 9.26. The number of carboxylic acid groups (broad SMARTS) is 1. The lowest BCUT2D eigenvalue weighted by Crippen LogP contribution is -2.38. The second-order valence-corrected chi connectivity index (χ2v) is 11.7. The molecule has 1 aliphatic carbocycles. The average Bonchev–Trinajstić information content (AvgIpc) is 3.89. The lowest BCUT2D eigenvalue weighted by atomic mass is 9.91. The van der Waals surface area contributed by atoms with Crippen LogP contribution in [0.5, 0.6) is 11.5 Å². The SMILES string of the molecule is COc1ccc(C(=O)N(CCCN)c2ccccc2)c(N2CCC(COc3cccc(C(CC(=O)O)C4CC4)c3)CC2)c1. The molecule has 3 aromatic rings. The summed E-state index contributed by atoms with van der Waals surface area (Å²) in [5, 5.41) is 9.39. The molecule has 1 unspecified atom stereocenters. The van der Waals surface area contributed by atoms with E-state index in [0.29, 0.717) is 43.5 Å². The summed E-state index contributed by atoms with van der Waals surface area (Å²) < 4.78 is 11.8. The summed E-state index contributed by atoms with van der Waals surface area (Å²) in [4.78, 5) is 29.5. The number of aliphatic carboxylic acids is 1. The minimum atomic E-state index is -0.751. The highest BCUT2D eigenvalue weighted by Gasteiger charge is 2.34. The zero-order valence-electron chi connectivity index (χ0n) is 25.0. The molecule has 1 heterocycles. The van der Waals surface area contributed by atoms with E-state index in [2.05, 4.69) is 4.90 Å². The first kappa shape index (κ1) is 30.4. The minimum absolute atomic E-state index is 0.0463. The highest BCUT2D eigenvalue weighted by Crippen LogP contribution is 2.45. The molecule has 8 nitrogen and oxygen atoms in total. The van der Waals surface area contributed by atoms with Crippen LogP contribution in [0.4, 0.5) is 11.4 Å². The topological polar surface area (TPSA) is 105 Å². The van der Waals surface area contributed by atoms with Crippen LogP contribution >= 0.6 is 0 Å². The Bertz CT molecular complexity index is 1370. The normalized spacial score (nSPS) is 16.0. The largest absolute Gasteiger partial charge is 0.497 e. The molecule has 1 saturated heterocycles. The second kappa shape index (κ2) is 14.4. The van der Waals surface area contributed by atoms with Gasteiger partial charge in [0.2, 0.25) is 0 Å². The van der Waals surface area contributed by atoms with Gasteiger partial charge in [0, 0.05) is 31.4 Å². The number of benzene rings is 3. The Labute approximate surface area is 254 Å². The van der Waals surface area contributed by atoms with E-state index in [1.807, 2.05) is 77.7 Å². The molecular weight excluding hydrogens is 542 g/mol. The van der Waals surface area contributed by atoms with Crippen molar-refractivity contribution >= 4 is 23.3 Å². The number of ether oxygens (including phenoxy) is 2. The molecule has 3 aromatic carbocycles. The fraction of sp³-hybridized carbons (Fsp3) is 0.429. The molecule has 1 atom stereocenters. The van der Waals surface area contributed by atoms with Crippen molar-refractivity contribution in [1.29, 1.82) is 0 Å². The predicted octanol–water partition coefficient (Wildman–Crippen LogP) is 5.95. The monoisotopic (exact) mass is 585 g/mol. The van der Waals surface area contributed by atoms with Crippen LogP contribution in [0.25, 0.3) is 0 Å². The molecule has 1 aliphatic heterocycles. The molecule has 2 aliphatic rings. The average molecular weight is 586 g/mol. The zero-order valence-corrected chi connectivity index (χ0v) is 25.0. The van der Waals surface area contributed by atoms with Crippen molar-refractivity contribution in [2.45, 2.75) is 44.4 Å². The number of hydrogen-bond acceptors (Lipinski definition) is 6. The van der Waals surface area contributed by atoms with Gasteiger partial charge < -0.3 is 30.1 Å². The van der Waals surface area contributed by atoms with Crippen LogP contribution in [-0.4, -0.2) is 56.9 Å². The molecule has 8 heteroatoms. The van der Waals surface area contributed by atoms with Gasteiger partial charge in [-0.25, -0.2) is 0 Å². The summed E-state index contributed by atoms with van der Waals surface area (Å²) in [6.07, 6.45) is 4.94. The van der Waals surface area contributed by atoms with Gasteiger partial charge >= 0.3 is 5.97 Å². The van der Waals surface area contributed by atoms with Gasteiger partial charge in [-0.1, -0.05) is 30.3 Å². The number of amides is 1. The van der Waals surface area contributed by atoms with Crippen LogP contribution in [0.15, 0.2) is 72.8 Å². The maximum Gasteiger partial charge on any atom is 0.303 e. The van der Waals surface area contributed by atoms with Crippen LogP contribution in [0.3, 0.4) is 0 Å². The Morgan fingerprint density at radius 2 is 1.74 bits per heavy atom. The summed E-state index contributed by atoms with van der Waals surface area (Å²) in [6, 6.07) is 23.4. The van der Waals surface area contributed by atoms with Crippen molar-refractivity contribution in [3.05, 3.63) is 83.9 Å². The lowest BCUT2D eigenvalue weighted by molar-refractivity contribution is -0.137. The lowest BCUT2D eigenvalue weighted by Gasteiger charge is -2.35. The van der Waals surface area contributed by atoms with Gasteiger partial charge in [-0.3, -0.25) is 9.59 Å². The van der Waals surface area contributed by atoms with E-state index < -0.39 is 5.97 Å². The van der Waals surface area contributed by atoms with Crippen LogP contribution in [0.1, 0.15) is 60.4 Å². The molecule has 0 spiro atoms. The van der Waals surface area contributed by atoms with E-state index in [9.17, 15) is 14.7 Å². The third-order valence-corrected chi connectivity index (χ3v) is 8.65. The third-order valence-electron chi connectivity index (χ3n) is 8.65. The highest BCUT2D eigenvalue weighted by atomic mass is 16.5. The fourth-order valence-corrected chi connectivity index (χ4v) is 6.06. The highest BCUT2D eigenvalue weighted by molar-refractivity contribution is 6.10. The standard InChI is InChI=1S/C35H43N3O5/c1-42-29-13-14-31(35(41)38(18-6-17-36)28-8-3-2-4-9-28)33(22-29)37-19-15-25(16-20-37)24-43-30-10-5-7-27(21-30)32(23-34(39)40)26-11-12-26/h2-5,7-10,13-14,21-22,25-26,32H,6,11-12,15-20,23-24,36H2,1H3,(H,39,40). The number of carbonyl (C=O) groups is 2. The molecular formula is C35H43N3O5. The maximum absolute atomic E-state index is 14.0. The molecule has 0 radical (unpaired) electrons. The Hall–Kier alpha value is -4.04. The molecule has 1 amide bonds. The molecule has 1 saturated carbocycles. The van der Waals surface area contributed by atoms with Gasteiger partial charge in [0.25, 0.3) is 5.91 Å². The van der Waals surface area contributed by atoms with E-state index in [0.717, 1.165) is 67.2 Å². The number of hydrogen-bond donors (Lipinski definition) is 2. The number of para-hydroxylation sites is 1. The predicted molar refractivity (Wildman–Crippen MR) is 169 cm³/mol. The van der Waals surface area contributed by atoms with Crippen molar-refractivity contribution in [2.75, 3.05) is 49.7 Å². The Balaban J connectivity index is 1.24. The molecule has 5 rings (SSSR count). The van der Waals surface area contributed by atoms with Crippen LogP contribution in [-0.2, 0) is 4.79 Å². The first-order chi connectivity index (χ1) is 21.0. The van der Waals surface area contributed by atoms with E-state index in [4.69, 9.17) is 15.2 Å². The van der Waals surface area contributed by atoms with Crippen molar-refractivity contribution in [1.82, 2.24) is 0 Å². The number of nitrogens with two attached hydrogens (primary N) is 1. The summed E-state index contributed by atoms with van der Waals surface area (Å²) in [6.45, 7) is 3.27. The van der Waals surface area contributed by atoms with E-state index >= 15 is 0 Å². The van der Waals surface area contributed by atoms with E-state index in [1.54, 1.807) is 7.11 Å². The summed E-state index contributed by atoms with van der Waals surface area (Å²) in [7, 11) is 1.64. The smallest absolute Gasteiger partial charge is 0.303 e. The van der Waals surface area contributed by atoms with Crippen molar-refractivity contribution in [2.24, 2.45) is 17.6 Å². The van der Waals surface area contributed by atoms with Gasteiger partial charge in [0.05, 0.1) is 31.4 Å². The van der Waals surface area contributed by atoms with Gasteiger partial charge in [-0.15, -0.1) is 0 Å². The van der Waals surface area contributed by atoms with E-state index in [-0.39, 0.29) is 18.2 Å². The minimum Gasteiger partial charge on any atom is -0.497 e. The molecule has 0 aromatic heterocycles. The molecule has 3 N–H and O–H groups in total. The number of rotatable bonds is 14. The summed E-state index contributed by atoms with van der Waals surface area (Å²) >= 11 is 0. The van der Waals surface area contributed by atoms with Crippen molar-refractivity contribution in [3.63, 3.8) is 0 Å². The van der Waals surface area contributed by atoms with E-state index in [1.165, 1.54) is 0 Å². The first-order valence-corrected chi connectivity index (χ1v) is 15.4. The molecule has 0 bridgehead atoms. The maximum atomic E-state index is 14.0. The summed E-state index contributed by atoms with van der Waals surface area (Å²) in [5.74, 6) is 1.62. The third kappa shape index (κ3) is 7.87. The molecule has 228 valence electrons. The van der Waals surface area contributed by atoms with Crippen molar-refractivity contribution < 1.29 is 24.2 Å². The van der Waals surface area contributed by atoms with Crippen molar-refractivity contribution in [3.8, 4) is 11.5 Å². The number of carboxylic acids is 1. The zero-order chi connectivity index (χ0) is 30.2. The molecule has 43 heavy (non-hydrogen) atoms. The van der Waals surface area contributed by atoms with Gasteiger partial charge in [-0.05, 0) is 98.4 Å². The van der Waals surface area contributed by atoms with Crippen LogP contribution in [0, 0.1) is 11.8 Å². The van der Waals surface area contributed by atoms with Crippen LogP contribution in [0.2, 0.25) is 0 Å². The van der Waals surface area contributed by atoms with Crippen LogP contribution < -0.4 is 25.0 Å². The number of carbonyl (C=O) groups excluding carboxylic acids is 1.